The van der Waals surface area contributed by atoms with Gasteiger partial charge in [-0.3, -0.25) is 0 Å². The van der Waals surface area contributed by atoms with E-state index in [1.54, 1.807) is 0 Å². The zero-order valence-electron chi connectivity index (χ0n) is 36.6. The fourth-order valence-electron chi connectivity index (χ4n) is 11.4. The van der Waals surface area contributed by atoms with Crippen molar-refractivity contribution in [3.63, 3.8) is 0 Å². The maximum absolute atomic E-state index is 10.6. The zero-order chi connectivity index (χ0) is 43.7. The first-order valence-electron chi connectivity index (χ1n) is 21.7. The standard InChI is InChI=1S/C57H48N4Si2/c1-59-50-31-19-21-33-52(50)60(40-23-10-8-11-24-40)42-34-35-47-48(36-42)43-27-15-17-29-45(43)55-54-46-30-18-16-28-44(46)53(37-49(54)57(56(47)55,62(2,3)4)63(5,6)7)61(41-25-12-9-13-26-41)51-32-20-14-22-39(51)38-58/h8-37H,2-7H3. The molecule has 304 valence electrons. The van der Waals surface area contributed by atoms with E-state index in [2.05, 4.69) is 200 Å². The van der Waals surface area contributed by atoms with Gasteiger partial charge >= 0.3 is 0 Å². The number of fused-ring (bicyclic) bond motifs is 10. The smallest absolute Gasteiger partial charge is 0.210 e. The molecule has 0 heterocycles. The predicted octanol–water partition coefficient (Wildman–Crippen LogP) is 16.5. The summed E-state index contributed by atoms with van der Waals surface area (Å²) in [5.41, 5.74) is 12.7. The summed E-state index contributed by atoms with van der Waals surface area (Å²) in [5.74, 6) is 0. The van der Waals surface area contributed by atoms with Crippen molar-refractivity contribution in [3.05, 3.63) is 210 Å². The topological polar surface area (TPSA) is 34.6 Å². The third-order valence-electron chi connectivity index (χ3n) is 13.3. The lowest BCUT2D eigenvalue weighted by molar-refractivity contribution is 0.963. The number of para-hydroxylation sites is 5. The lowest BCUT2D eigenvalue weighted by Gasteiger charge is -2.52. The zero-order valence-corrected chi connectivity index (χ0v) is 38.6. The lowest BCUT2D eigenvalue weighted by atomic mass is 9.89. The van der Waals surface area contributed by atoms with E-state index in [1.807, 2.05) is 42.5 Å². The SMILES string of the molecule is [C-]#[N+]c1ccccc1N(c1ccccc1)c1ccc2c3c(c4ccccc4c2c1)-c1c(cc(N(c2ccccc2)c2ccccc2C#N)c2ccccc12)C3([Si](C)(C)C)[Si](C)(C)C. The molecule has 63 heavy (non-hydrogen) atoms. The molecule has 0 aliphatic heterocycles. The van der Waals surface area contributed by atoms with Gasteiger partial charge < -0.3 is 9.80 Å². The summed E-state index contributed by atoms with van der Waals surface area (Å²) in [7, 11) is -4.49. The van der Waals surface area contributed by atoms with Gasteiger partial charge in [-0.15, -0.1) is 0 Å². The van der Waals surface area contributed by atoms with Crippen LogP contribution in [0, 0.1) is 17.9 Å². The highest BCUT2D eigenvalue weighted by Gasteiger charge is 2.60. The van der Waals surface area contributed by atoms with Crippen LogP contribution in [0.15, 0.2) is 182 Å². The molecule has 0 saturated carbocycles. The normalized spacial score (nSPS) is 13.0. The number of rotatable bonds is 8. The van der Waals surface area contributed by atoms with Gasteiger partial charge in [0.15, 0.2) is 0 Å². The van der Waals surface area contributed by atoms with Gasteiger partial charge in [0.05, 0.1) is 45.3 Å². The van der Waals surface area contributed by atoms with Crippen molar-refractivity contribution < 1.29 is 0 Å². The van der Waals surface area contributed by atoms with Gasteiger partial charge in [0.25, 0.3) is 0 Å². The summed E-state index contributed by atoms with van der Waals surface area (Å²) in [6, 6.07) is 67.0. The molecule has 0 unspecified atom stereocenters. The van der Waals surface area contributed by atoms with Crippen molar-refractivity contribution in [2.45, 2.75) is 43.9 Å². The molecule has 0 aromatic heterocycles. The Labute approximate surface area is 372 Å². The number of nitriles is 1. The Morgan fingerprint density at radius 3 is 1.60 bits per heavy atom. The molecule has 4 nitrogen and oxygen atoms in total. The van der Waals surface area contributed by atoms with E-state index >= 15 is 0 Å². The Kier molecular flexibility index (Phi) is 9.49. The molecule has 0 atom stereocenters. The highest BCUT2D eigenvalue weighted by atomic mass is 28.4. The Balaban J connectivity index is 1.36. The summed E-state index contributed by atoms with van der Waals surface area (Å²) >= 11 is 0. The first kappa shape index (κ1) is 39.9. The van der Waals surface area contributed by atoms with Gasteiger partial charge in [-0.1, -0.05) is 161 Å². The molecule has 1 aliphatic rings. The number of hydrogen-bond acceptors (Lipinski definition) is 3. The Bertz CT molecular complexity index is 3340. The van der Waals surface area contributed by atoms with E-state index in [0.717, 1.165) is 39.5 Å². The highest BCUT2D eigenvalue weighted by molar-refractivity contribution is 7.00. The van der Waals surface area contributed by atoms with Crippen molar-refractivity contribution in [2.24, 2.45) is 0 Å². The monoisotopic (exact) mass is 844 g/mol. The van der Waals surface area contributed by atoms with Gasteiger partial charge in [-0.05, 0) is 110 Å². The third-order valence-corrected chi connectivity index (χ3v) is 23.4. The van der Waals surface area contributed by atoms with Gasteiger partial charge in [0, 0.05) is 27.1 Å². The Hall–Kier alpha value is -7.23. The molecule has 0 amide bonds. The van der Waals surface area contributed by atoms with Crippen LogP contribution in [0.1, 0.15) is 16.7 Å². The average Bonchev–Trinajstić information content (AvgIpc) is 3.64. The summed E-state index contributed by atoms with van der Waals surface area (Å²) in [5, 5.41) is 17.9. The van der Waals surface area contributed by atoms with Crippen LogP contribution in [-0.4, -0.2) is 16.1 Å². The summed E-state index contributed by atoms with van der Waals surface area (Å²) < 4.78 is -0.236. The first-order chi connectivity index (χ1) is 30.5. The van der Waals surface area contributed by atoms with Gasteiger partial charge in [-0.2, -0.15) is 5.26 Å². The molecule has 0 spiro atoms. The average molecular weight is 845 g/mol. The third kappa shape index (κ3) is 5.98. The molecule has 0 fully saturated rings. The molecule has 9 aromatic carbocycles. The molecule has 6 heteroatoms. The number of nitrogens with zero attached hydrogens (tertiary/aromatic N) is 4. The Morgan fingerprint density at radius 1 is 0.460 bits per heavy atom. The molecule has 0 saturated heterocycles. The first-order valence-corrected chi connectivity index (χ1v) is 28.7. The lowest BCUT2D eigenvalue weighted by Crippen LogP contribution is -2.63. The molecule has 0 radical (unpaired) electrons. The predicted molar refractivity (Wildman–Crippen MR) is 272 cm³/mol. The molecule has 9 aromatic rings. The summed E-state index contributed by atoms with van der Waals surface area (Å²) in [4.78, 5) is 8.55. The largest absolute Gasteiger partial charge is 0.320 e. The quantitative estimate of drug-likeness (QED) is 0.0868. The van der Waals surface area contributed by atoms with E-state index < -0.39 is 16.1 Å². The van der Waals surface area contributed by atoms with E-state index in [9.17, 15) is 5.26 Å². The highest BCUT2D eigenvalue weighted by Crippen LogP contribution is 2.64. The van der Waals surface area contributed by atoms with Crippen LogP contribution in [0.3, 0.4) is 0 Å². The van der Waals surface area contributed by atoms with Crippen LogP contribution in [0.4, 0.5) is 39.8 Å². The van der Waals surface area contributed by atoms with Crippen LogP contribution >= 0.6 is 0 Å². The molecule has 0 bridgehead atoms. The summed E-state index contributed by atoms with van der Waals surface area (Å²) in [6.45, 7) is 23.7. The number of anilines is 6. The summed E-state index contributed by atoms with van der Waals surface area (Å²) in [6.07, 6.45) is 0. The second kappa shape index (κ2) is 15.0. The van der Waals surface area contributed by atoms with E-state index in [0.29, 0.717) is 11.3 Å². The second-order valence-electron chi connectivity index (χ2n) is 18.7. The number of hydrogen-bond donors (Lipinski definition) is 0. The van der Waals surface area contributed by atoms with Crippen molar-refractivity contribution in [1.29, 1.82) is 5.26 Å². The van der Waals surface area contributed by atoms with E-state index in [1.165, 1.54) is 49.2 Å². The molecule has 10 rings (SSSR count). The fraction of sp³-hybridized carbons (Fsp3) is 0.123. The fourth-order valence-corrected chi connectivity index (χ4v) is 24.4. The van der Waals surface area contributed by atoms with Crippen molar-refractivity contribution in [1.82, 2.24) is 0 Å². The molecular formula is C57H48N4Si2. The minimum absolute atomic E-state index is 0.236. The number of benzene rings is 9. The van der Waals surface area contributed by atoms with Crippen LogP contribution in [-0.2, 0) is 4.66 Å². The molecule has 0 N–H and O–H groups in total. The van der Waals surface area contributed by atoms with E-state index in [-0.39, 0.29) is 4.66 Å². The maximum atomic E-state index is 10.6. The van der Waals surface area contributed by atoms with Crippen molar-refractivity contribution >= 4 is 88.3 Å². The van der Waals surface area contributed by atoms with Gasteiger partial charge in [-0.25, -0.2) is 4.85 Å². The molecular weight excluding hydrogens is 797 g/mol. The van der Waals surface area contributed by atoms with Crippen LogP contribution in [0.25, 0.3) is 48.3 Å². The second-order valence-corrected chi connectivity index (χ2v) is 29.7. The minimum atomic E-state index is -2.24. The Morgan fingerprint density at radius 2 is 0.984 bits per heavy atom. The van der Waals surface area contributed by atoms with Crippen molar-refractivity contribution in [3.8, 4) is 17.2 Å². The van der Waals surface area contributed by atoms with Crippen LogP contribution < -0.4 is 9.80 Å². The maximum Gasteiger partial charge on any atom is 0.210 e. The molecule has 1 aliphatic carbocycles. The van der Waals surface area contributed by atoms with Gasteiger partial charge in [0.2, 0.25) is 5.69 Å². The van der Waals surface area contributed by atoms with Crippen molar-refractivity contribution in [2.75, 3.05) is 9.80 Å². The minimum Gasteiger partial charge on any atom is -0.320 e. The van der Waals surface area contributed by atoms with Gasteiger partial charge in [0.1, 0.15) is 6.07 Å². The van der Waals surface area contributed by atoms with E-state index in [4.69, 9.17) is 6.57 Å². The van der Waals surface area contributed by atoms with Crippen LogP contribution in [0.2, 0.25) is 39.3 Å². The van der Waals surface area contributed by atoms with Crippen LogP contribution in [0.5, 0.6) is 0 Å².